The molecule has 2 aromatic rings. The number of nitro benzene ring substituents is 1. The molecule has 0 aliphatic carbocycles. The van der Waals surface area contributed by atoms with Crippen molar-refractivity contribution in [2.45, 2.75) is 6.54 Å². The molecule has 0 saturated heterocycles. The van der Waals surface area contributed by atoms with Gasteiger partial charge < -0.3 is 5.11 Å². The second kappa shape index (κ2) is 4.30. The number of aromatic nitrogens is 2. The van der Waals surface area contributed by atoms with Crippen LogP contribution in [0, 0.1) is 10.1 Å². The van der Waals surface area contributed by atoms with Crippen molar-refractivity contribution < 1.29 is 10.0 Å². The number of nitro groups is 1. The minimum Gasteiger partial charge on any atom is -0.395 e. The van der Waals surface area contributed by atoms with Gasteiger partial charge in [0.2, 0.25) is 0 Å². The summed E-state index contributed by atoms with van der Waals surface area (Å²) < 4.78 is 1.21. The van der Waals surface area contributed by atoms with Gasteiger partial charge in [-0.25, -0.2) is 4.98 Å². The molecule has 0 amide bonds. The first-order valence-corrected chi connectivity index (χ1v) is 4.88. The molecular formula is C10H9N3O4. The van der Waals surface area contributed by atoms with E-state index in [0.717, 1.165) is 0 Å². The molecule has 1 N–H and O–H groups in total. The van der Waals surface area contributed by atoms with Gasteiger partial charge in [0.15, 0.2) is 0 Å². The monoisotopic (exact) mass is 235 g/mol. The van der Waals surface area contributed by atoms with Crippen molar-refractivity contribution in [2.75, 3.05) is 6.61 Å². The number of benzene rings is 1. The van der Waals surface area contributed by atoms with Gasteiger partial charge in [-0.05, 0) is 6.07 Å². The van der Waals surface area contributed by atoms with Crippen LogP contribution in [0.3, 0.4) is 0 Å². The number of nitrogens with zero attached hydrogens (tertiary/aromatic N) is 3. The van der Waals surface area contributed by atoms with E-state index in [9.17, 15) is 14.9 Å². The highest BCUT2D eigenvalue weighted by Crippen LogP contribution is 2.15. The lowest BCUT2D eigenvalue weighted by atomic mass is 10.2. The van der Waals surface area contributed by atoms with Gasteiger partial charge in [0, 0.05) is 12.1 Å². The average Bonchev–Trinajstić information content (AvgIpc) is 2.32. The van der Waals surface area contributed by atoms with Crippen LogP contribution in [0.4, 0.5) is 5.69 Å². The summed E-state index contributed by atoms with van der Waals surface area (Å²) >= 11 is 0. The predicted octanol–water partition coefficient (Wildman–Crippen LogP) is 0.297. The standard InChI is InChI=1S/C10H9N3O4/c14-4-3-12-6-11-9-2-1-7(13(16)17)5-8(9)10(12)15/h1-2,5-6,14H,3-4H2. The molecule has 7 nitrogen and oxygen atoms in total. The fourth-order valence-electron chi connectivity index (χ4n) is 1.53. The Kier molecular flexibility index (Phi) is 2.84. The number of rotatable bonds is 3. The number of non-ortho nitro benzene ring substituents is 1. The number of hydrogen-bond donors (Lipinski definition) is 1. The summed E-state index contributed by atoms with van der Waals surface area (Å²) in [6, 6.07) is 3.92. The van der Waals surface area contributed by atoms with Crippen molar-refractivity contribution in [3.8, 4) is 0 Å². The summed E-state index contributed by atoms with van der Waals surface area (Å²) in [5, 5.41) is 19.5. The van der Waals surface area contributed by atoms with E-state index in [1.807, 2.05) is 0 Å². The van der Waals surface area contributed by atoms with Gasteiger partial charge in [0.25, 0.3) is 11.2 Å². The maximum Gasteiger partial charge on any atom is 0.270 e. The zero-order valence-electron chi connectivity index (χ0n) is 8.74. The van der Waals surface area contributed by atoms with Crippen LogP contribution in [0.1, 0.15) is 0 Å². The smallest absolute Gasteiger partial charge is 0.270 e. The molecule has 1 aromatic carbocycles. The average molecular weight is 235 g/mol. The third-order valence-electron chi connectivity index (χ3n) is 2.36. The van der Waals surface area contributed by atoms with Gasteiger partial charge >= 0.3 is 0 Å². The lowest BCUT2D eigenvalue weighted by molar-refractivity contribution is -0.384. The van der Waals surface area contributed by atoms with E-state index >= 15 is 0 Å². The summed E-state index contributed by atoms with van der Waals surface area (Å²) in [5.41, 5.74) is -0.152. The largest absolute Gasteiger partial charge is 0.395 e. The predicted molar refractivity (Wildman–Crippen MR) is 59.7 cm³/mol. The minimum absolute atomic E-state index is 0.116. The Hall–Kier alpha value is -2.28. The van der Waals surface area contributed by atoms with Gasteiger partial charge in [-0.2, -0.15) is 0 Å². The number of fused-ring (bicyclic) bond motifs is 1. The van der Waals surface area contributed by atoms with Crippen LogP contribution < -0.4 is 5.56 Å². The van der Waals surface area contributed by atoms with Crippen molar-refractivity contribution in [3.05, 3.63) is 45.0 Å². The van der Waals surface area contributed by atoms with Crippen LogP contribution in [-0.2, 0) is 6.54 Å². The topological polar surface area (TPSA) is 98.3 Å². The van der Waals surface area contributed by atoms with E-state index in [-0.39, 0.29) is 24.2 Å². The molecule has 1 heterocycles. The third kappa shape index (κ3) is 2.00. The highest BCUT2D eigenvalue weighted by Gasteiger charge is 2.10. The molecule has 2 rings (SSSR count). The van der Waals surface area contributed by atoms with Gasteiger partial charge in [-0.1, -0.05) is 0 Å². The Balaban J connectivity index is 2.69. The fourth-order valence-corrected chi connectivity index (χ4v) is 1.53. The highest BCUT2D eigenvalue weighted by molar-refractivity contribution is 5.79. The van der Waals surface area contributed by atoms with Gasteiger partial charge in [-0.15, -0.1) is 0 Å². The lowest BCUT2D eigenvalue weighted by Gasteiger charge is -2.03. The normalized spacial score (nSPS) is 10.6. The Morgan fingerprint density at radius 3 is 2.88 bits per heavy atom. The maximum atomic E-state index is 11.9. The fraction of sp³-hybridized carbons (Fsp3) is 0.200. The molecule has 0 fully saturated rings. The molecule has 0 saturated carbocycles. The molecule has 0 bridgehead atoms. The van der Waals surface area contributed by atoms with Gasteiger partial charge in [0.1, 0.15) is 0 Å². The molecule has 0 atom stereocenters. The van der Waals surface area contributed by atoms with Crippen molar-refractivity contribution in [3.63, 3.8) is 0 Å². The minimum atomic E-state index is -0.567. The highest BCUT2D eigenvalue weighted by atomic mass is 16.6. The molecule has 1 aromatic heterocycles. The van der Waals surface area contributed by atoms with E-state index < -0.39 is 10.5 Å². The van der Waals surface area contributed by atoms with Crippen LogP contribution in [0.15, 0.2) is 29.3 Å². The molecule has 0 spiro atoms. The number of aliphatic hydroxyl groups is 1. The van der Waals surface area contributed by atoms with Crippen molar-refractivity contribution in [2.24, 2.45) is 0 Å². The SMILES string of the molecule is O=c1c2cc([N+](=O)[O-])ccc2ncn1CCO. The molecule has 0 unspecified atom stereocenters. The van der Waals surface area contributed by atoms with Crippen LogP contribution in [0.5, 0.6) is 0 Å². The molecule has 7 heteroatoms. The summed E-state index contributed by atoms with van der Waals surface area (Å²) in [6.45, 7) is -0.0769. The van der Waals surface area contributed by atoms with Crippen molar-refractivity contribution in [1.82, 2.24) is 9.55 Å². The van der Waals surface area contributed by atoms with Crippen LogP contribution in [0.25, 0.3) is 10.9 Å². The summed E-state index contributed by atoms with van der Waals surface area (Å²) in [6.07, 6.45) is 1.31. The Labute approximate surface area is 95.1 Å². The second-order valence-corrected chi connectivity index (χ2v) is 3.43. The molecular weight excluding hydrogens is 226 g/mol. The molecule has 0 radical (unpaired) electrons. The van der Waals surface area contributed by atoms with Gasteiger partial charge in [-0.3, -0.25) is 19.5 Å². The summed E-state index contributed by atoms with van der Waals surface area (Å²) in [7, 11) is 0. The van der Waals surface area contributed by atoms with E-state index in [4.69, 9.17) is 5.11 Å². The van der Waals surface area contributed by atoms with Crippen LogP contribution in [0.2, 0.25) is 0 Å². The number of hydrogen-bond acceptors (Lipinski definition) is 5. The zero-order valence-corrected chi connectivity index (χ0v) is 8.74. The second-order valence-electron chi connectivity index (χ2n) is 3.43. The quantitative estimate of drug-likeness (QED) is 0.609. The first-order chi connectivity index (χ1) is 8.13. The van der Waals surface area contributed by atoms with Crippen LogP contribution >= 0.6 is 0 Å². The number of aliphatic hydroxyl groups excluding tert-OH is 1. The first kappa shape index (κ1) is 11.2. The Morgan fingerprint density at radius 1 is 1.47 bits per heavy atom. The van der Waals surface area contributed by atoms with Gasteiger partial charge in [0.05, 0.1) is 35.3 Å². The van der Waals surface area contributed by atoms with E-state index in [0.29, 0.717) is 5.52 Å². The first-order valence-electron chi connectivity index (χ1n) is 4.88. The Bertz CT molecular complexity index is 635. The van der Waals surface area contributed by atoms with Crippen LogP contribution in [-0.4, -0.2) is 26.2 Å². The Morgan fingerprint density at radius 2 is 2.24 bits per heavy atom. The molecule has 0 aliphatic heterocycles. The van der Waals surface area contributed by atoms with E-state index in [1.165, 1.54) is 29.1 Å². The summed E-state index contributed by atoms with van der Waals surface area (Å²) in [5.74, 6) is 0. The zero-order chi connectivity index (χ0) is 12.4. The van der Waals surface area contributed by atoms with E-state index in [2.05, 4.69) is 4.98 Å². The lowest BCUT2D eigenvalue weighted by Crippen LogP contribution is -2.22. The van der Waals surface area contributed by atoms with Crippen molar-refractivity contribution >= 4 is 16.6 Å². The molecule has 88 valence electrons. The van der Waals surface area contributed by atoms with Crippen molar-refractivity contribution in [1.29, 1.82) is 0 Å². The van der Waals surface area contributed by atoms with E-state index in [1.54, 1.807) is 0 Å². The third-order valence-corrected chi connectivity index (χ3v) is 2.36. The summed E-state index contributed by atoms with van der Waals surface area (Å²) in [4.78, 5) is 25.9. The molecule has 17 heavy (non-hydrogen) atoms. The maximum absolute atomic E-state index is 11.9. The molecule has 0 aliphatic rings.